The molecule has 1 aliphatic heterocycles. The van der Waals surface area contributed by atoms with E-state index in [0.29, 0.717) is 17.1 Å². The van der Waals surface area contributed by atoms with Gasteiger partial charge in [-0.1, -0.05) is 30.3 Å². The molecule has 5 rings (SSSR count). The van der Waals surface area contributed by atoms with Crippen LogP contribution >= 0.6 is 0 Å². The largest absolute Gasteiger partial charge is 0.509 e. The standard InChI is InChI=1S/C23H18N4O2/c24-22-21(23-25-18-8-4-5-9-19(18)26-23)20(28)14-27(22)15-10-12-17(13-11-15)29-16-6-2-1-3-7-16/h1-13,24,28H,14H2,(H,25,26). The monoisotopic (exact) mass is 382 g/mol. The highest BCUT2D eigenvalue weighted by Crippen LogP contribution is 2.32. The molecule has 6 heteroatoms. The number of benzene rings is 3. The van der Waals surface area contributed by atoms with E-state index in [1.807, 2.05) is 78.9 Å². The first-order valence-corrected chi connectivity index (χ1v) is 9.26. The predicted octanol–water partition coefficient (Wildman–Crippen LogP) is 5.12. The minimum atomic E-state index is 0.124. The molecule has 142 valence electrons. The van der Waals surface area contributed by atoms with Crippen LogP contribution in [0.25, 0.3) is 16.6 Å². The van der Waals surface area contributed by atoms with Crippen LogP contribution in [0, 0.1) is 5.41 Å². The Bertz CT molecular complexity index is 1190. The minimum absolute atomic E-state index is 0.124. The van der Waals surface area contributed by atoms with Crippen molar-refractivity contribution in [3.05, 3.63) is 90.4 Å². The van der Waals surface area contributed by atoms with Crippen LogP contribution < -0.4 is 9.64 Å². The number of nitrogens with zero attached hydrogens (tertiary/aromatic N) is 2. The van der Waals surface area contributed by atoms with Crippen LogP contribution in [0.15, 0.2) is 84.6 Å². The summed E-state index contributed by atoms with van der Waals surface area (Å²) in [5.41, 5.74) is 2.90. The van der Waals surface area contributed by atoms with Crippen LogP contribution in [0.2, 0.25) is 0 Å². The first-order valence-electron chi connectivity index (χ1n) is 9.26. The molecule has 6 nitrogen and oxygen atoms in total. The topological polar surface area (TPSA) is 85.2 Å². The molecular formula is C23H18N4O2. The number of hydrogen-bond acceptors (Lipinski definition) is 4. The number of hydrogen-bond donors (Lipinski definition) is 3. The zero-order chi connectivity index (χ0) is 19.8. The highest BCUT2D eigenvalue weighted by molar-refractivity contribution is 6.30. The molecule has 0 unspecified atom stereocenters. The second kappa shape index (κ2) is 6.83. The summed E-state index contributed by atoms with van der Waals surface area (Å²) in [5.74, 6) is 2.30. The fraction of sp³-hybridized carbons (Fsp3) is 0.0435. The number of rotatable bonds is 4. The molecule has 2 heterocycles. The maximum Gasteiger partial charge on any atom is 0.145 e. The lowest BCUT2D eigenvalue weighted by Crippen LogP contribution is -2.26. The molecule has 3 N–H and O–H groups in total. The van der Waals surface area contributed by atoms with E-state index >= 15 is 0 Å². The third-order valence-corrected chi connectivity index (χ3v) is 4.86. The quantitative estimate of drug-likeness (QED) is 0.457. The van der Waals surface area contributed by atoms with Crippen LogP contribution in [-0.4, -0.2) is 27.5 Å². The summed E-state index contributed by atoms with van der Waals surface area (Å²) in [7, 11) is 0. The third kappa shape index (κ3) is 3.10. The van der Waals surface area contributed by atoms with Gasteiger partial charge < -0.3 is 19.7 Å². The highest BCUT2D eigenvalue weighted by Gasteiger charge is 2.31. The third-order valence-electron chi connectivity index (χ3n) is 4.86. The van der Waals surface area contributed by atoms with Crippen LogP contribution in [0.3, 0.4) is 0 Å². The molecule has 4 aromatic rings. The number of anilines is 1. The van der Waals surface area contributed by atoms with Crippen LogP contribution in [-0.2, 0) is 0 Å². The molecule has 0 saturated carbocycles. The molecule has 0 fully saturated rings. The lowest BCUT2D eigenvalue weighted by molar-refractivity contribution is 0.411. The van der Waals surface area contributed by atoms with Gasteiger partial charge in [0.2, 0.25) is 0 Å². The Morgan fingerprint density at radius 3 is 2.34 bits per heavy atom. The van der Waals surface area contributed by atoms with Crippen molar-refractivity contribution in [2.24, 2.45) is 0 Å². The van der Waals surface area contributed by atoms with Gasteiger partial charge in [-0.05, 0) is 48.5 Å². The number of H-pyrrole nitrogens is 1. The summed E-state index contributed by atoms with van der Waals surface area (Å²) >= 11 is 0. The Morgan fingerprint density at radius 1 is 0.897 bits per heavy atom. The van der Waals surface area contributed by atoms with E-state index in [1.165, 1.54) is 0 Å². The molecule has 0 radical (unpaired) electrons. The minimum Gasteiger partial charge on any atom is -0.509 e. The van der Waals surface area contributed by atoms with E-state index in [0.717, 1.165) is 22.5 Å². The van der Waals surface area contributed by atoms with Crippen molar-refractivity contribution < 1.29 is 9.84 Å². The number of ether oxygens (including phenoxy) is 1. The van der Waals surface area contributed by atoms with Crippen molar-refractivity contribution in [1.29, 1.82) is 5.41 Å². The van der Waals surface area contributed by atoms with Crippen molar-refractivity contribution in [2.45, 2.75) is 0 Å². The summed E-state index contributed by atoms with van der Waals surface area (Å²) in [4.78, 5) is 9.45. The maximum atomic E-state index is 10.5. The Hall–Kier alpha value is -4.06. The molecule has 1 aliphatic rings. The number of amidine groups is 1. The van der Waals surface area contributed by atoms with E-state index in [2.05, 4.69) is 9.97 Å². The number of aliphatic hydroxyl groups is 1. The van der Waals surface area contributed by atoms with Crippen molar-refractivity contribution in [1.82, 2.24) is 9.97 Å². The molecule has 0 spiro atoms. The smallest absolute Gasteiger partial charge is 0.145 e. The van der Waals surface area contributed by atoms with Gasteiger partial charge in [-0.3, -0.25) is 5.41 Å². The Balaban J connectivity index is 1.38. The van der Waals surface area contributed by atoms with Gasteiger partial charge in [0.15, 0.2) is 0 Å². The average molecular weight is 382 g/mol. The van der Waals surface area contributed by atoms with Gasteiger partial charge in [0.25, 0.3) is 0 Å². The van der Waals surface area contributed by atoms with Crippen molar-refractivity contribution in [2.75, 3.05) is 11.4 Å². The van der Waals surface area contributed by atoms with E-state index < -0.39 is 0 Å². The molecule has 0 atom stereocenters. The van der Waals surface area contributed by atoms with E-state index in [9.17, 15) is 5.11 Å². The molecule has 1 aromatic heterocycles. The van der Waals surface area contributed by atoms with Crippen LogP contribution in [0.5, 0.6) is 11.5 Å². The molecule has 0 amide bonds. The van der Waals surface area contributed by atoms with Crippen molar-refractivity contribution in [3.63, 3.8) is 0 Å². The van der Waals surface area contributed by atoms with Gasteiger partial charge in [-0.2, -0.15) is 0 Å². The maximum absolute atomic E-state index is 10.5. The fourth-order valence-corrected chi connectivity index (χ4v) is 3.44. The zero-order valence-corrected chi connectivity index (χ0v) is 15.5. The number of nitrogens with one attached hydrogen (secondary N) is 2. The Kier molecular flexibility index (Phi) is 4.02. The van der Waals surface area contributed by atoms with Crippen LogP contribution in [0.4, 0.5) is 5.69 Å². The zero-order valence-electron chi connectivity index (χ0n) is 15.5. The number of fused-ring (bicyclic) bond motifs is 1. The normalized spacial score (nSPS) is 14.1. The lowest BCUT2D eigenvalue weighted by atomic mass is 10.2. The van der Waals surface area contributed by atoms with Gasteiger partial charge in [-0.15, -0.1) is 0 Å². The Labute approximate surface area is 167 Å². The first-order chi connectivity index (χ1) is 14.2. The second-order valence-electron chi connectivity index (χ2n) is 6.77. The van der Waals surface area contributed by atoms with Crippen molar-refractivity contribution >= 4 is 28.1 Å². The van der Waals surface area contributed by atoms with E-state index in [1.54, 1.807) is 4.90 Å². The molecule has 3 aromatic carbocycles. The van der Waals surface area contributed by atoms with Gasteiger partial charge in [-0.25, -0.2) is 4.98 Å². The molecular weight excluding hydrogens is 364 g/mol. The number of aliphatic hydroxyl groups excluding tert-OH is 1. The average Bonchev–Trinajstić information content (AvgIpc) is 3.29. The fourth-order valence-electron chi connectivity index (χ4n) is 3.44. The van der Waals surface area contributed by atoms with Gasteiger partial charge in [0, 0.05) is 5.69 Å². The van der Waals surface area contributed by atoms with Gasteiger partial charge in [0.05, 0.1) is 23.2 Å². The molecule has 29 heavy (non-hydrogen) atoms. The summed E-state index contributed by atoms with van der Waals surface area (Å²) in [6, 6.07) is 24.7. The number of aromatic amines is 1. The summed E-state index contributed by atoms with van der Waals surface area (Å²) in [6.45, 7) is 0.226. The second-order valence-corrected chi connectivity index (χ2v) is 6.77. The number of imidazole rings is 1. The number of aromatic nitrogens is 2. The summed E-state index contributed by atoms with van der Waals surface area (Å²) in [5, 5.41) is 19.1. The lowest BCUT2D eigenvalue weighted by Gasteiger charge is -2.19. The molecule has 0 saturated heterocycles. The SMILES string of the molecule is N=C1C(c2nc3ccccc3[nH]2)=C(O)CN1c1ccc(Oc2ccccc2)cc1. The molecule has 0 aliphatic carbocycles. The van der Waals surface area contributed by atoms with Crippen molar-refractivity contribution in [3.8, 4) is 11.5 Å². The van der Waals surface area contributed by atoms with Gasteiger partial charge in [0.1, 0.15) is 28.9 Å². The number of para-hydroxylation sites is 3. The summed E-state index contributed by atoms with van der Waals surface area (Å²) in [6.07, 6.45) is 0. The predicted molar refractivity (Wildman–Crippen MR) is 114 cm³/mol. The molecule has 0 bridgehead atoms. The first kappa shape index (κ1) is 17.1. The highest BCUT2D eigenvalue weighted by atomic mass is 16.5. The van der Waals surface area contributed by atoms with E-state index in [-0.39, 0.29) is 18.1 Å². The van der Waals surface area contributed by atoms with Crippen LogP contribution in [0.1, 0.15) is 5.82 Å². The summed E-state index contributed by atoms with van der Waals surface area (Å²) < 4.78 is 5.82. The van der Waals surface area contributed by atoms with E-state index in [4.69, 9.17) is 10.1 Å². The Morgan fingerprint density at radius 2 is 1.59 bits per heavy atom. The van der Waals surface area contributed by atoms with Gasteiger partial charge >= 0.3 is 0 Å².